The van der Waals surface area contributed by atoms with Crippen molar-refractivity contribution >= 4 is 27.5 Å². The van der Waals surface area contributed by atoms with E-state index in [2.05, 4.69) is 70.6 Å². The minimum atomic E-state index is 0.0630. The maximum atomic E-state index is 6.43. The zero-order chi connectivity index (χ0) is 15.3. The lowest BCUT2D eigenvalue weighted by atomic mass is 9.73. The van der Waals surface area contributed by atoms with E-state index in [0.717, 1.165) is 28.9 Å². The summed E-state index contributed by atoms with van der Waals surface area (Å²) in [5.74, 6) is 0. The molecule has 0 radical (unpaired) electrons. The van der Waals surface area contributed by atoms with E-state index in [1.165, 1.54) is 11.1 Å². The van der Waals surface area contributed by atoms with Gasteiger partial charge in [0.05, 0.1) is 0 Å². The van der Waals surface area contributed by atoms with Crippen LogP contribution in [0.15, 0.2) is 53.0 Å². The predicted molar refractivity (Wildman–Crippen MR) is 95.2 cm³/mol. The van der Waals surface area contributed by atoms with Crippen molar-refractivity contribution in [1.82, 2.24) is 5.32 Å². The van der Waals surface area contributed by atoms with Crippen LogP contribution in [0, 0.1) is 0 Å². The van der Waals surface area contributed by atoms with Crippen LogP contribution in [-0.2, 0) is 11.8 Å². The minimum absolute atomic E-state index is 0.0630. The molecule has 2 aromatic rings. The van der Waals surface area contributed by atoms with Gasteiger partial charge in [0.15, 0.2) is 0 Å². The predicted octanol–water partition coefficient (Wildman–Crippen LogP) is 5.21. The van der Waals surface area contributed by atoms with Crippen LogP contribution in [0.5, 0.6) is 0 Å². The maximum Gasteiger partial charge on any atom is 0.0449 e. The summed E-state index contributed by atoms with van der Waals surface area (Å²) in [5, 5.41) is 4.18. The lowest BCUT2D eigenvalue weighted by Gasteiger charge is -2.34. The molecule has 0 aliphatic heterocycles. The molecule has 0 heterocycles. The first-order chi connectivity index (χ1) is 10.1. The van der Waals surface area contributed by atoms with Gasteiger partial charge in [0.1, 0.15) is 0 Å². The van der Waals surface area contributed by atoms with Crippen molar-refractivity contribution in [3.63, 3.8) is 0 Å². The van der Waals surface area contributed by atoms with Gasteiger partial charge in [-0.3, -0.25) is 0 Å². The van der Waals surface area contributed by atoms with Gasteiger partial charge in [-0.05, 0) is 43.1 Å². The van der Waals surface area contributed by atoms with Crippen molar-refractivity contribution in [3.05, 3.63) is 69.2 Å². The number of hydrogen-bond donors (Lipinski definition) is 1. The molecule has 2 aromatic carbocycles. The second-order valence-electron chi connectivity index (χ2n) is 5.44. The first kappa shape index (κ1) is 16.5. The molecule has 0 aromatic heterocycles. The van der Waals surface area contributed by atoms with Gasteiger partial charge in [0, 0.05) is 21.5 Å². The van der Waals surface area contributed by atoms with Crippen LogP contribution in [0.4, 0.5) is 0 Å². The van der Waals surface area contributed by atoms with Gasteiger partial charge in [-0.1, -0.05) is 70.9 Å². The molecule has 0 amide bonds. The highest BCUT2D eigenvalue weighted by Crippen LogP contribution is 2.34. The third-order valence-electron chi connectivity index (χ3n) is 4.12. The fraction of sp³-hybridized carbons (Fsp3) is 0.333. The molecule has 0 fully saturated rings. The average molecular weight is 367 g/mol. The van der Waals surface area contributed by atoms with Crippen molar-refractivity contribution < 1.29 is 0 Å². The first-order valence-electron chi connectivity index (χ1n) is 7.25. The normalized spacial score (nSPS) is 13.9. The second-order valence-corrected chi connectivity index (χ2v) is 6.77. The van der Waals surface area contributed by atoms with Crippen LogP contribution < -0.4 is 5.32 Å². The highest BCUT2D eigenvalue weighted by molar-refractivity contribution is 9.10. The van der Waals surface area contributed by atoms with E-state index >= 15 is 0 Å². The zero-order valence-corrected chi connectivity index (χ0v) is 14.8. The summed E-state index contributed by atoms with van der Waals surface area (Å²) >= 11 is 9.90. The van der Waals surface area contributed by atoms with Crippen molar-refractivity contribution in [2.75, 3.05) is 13.6 Å². The molecule has 21 heavy (non-hydrogen) atoms. The molecule has 0 saturated carbocycles. The molecular formula is C18H21BrClN. The number of rotatable bonds is 6. The van der Waals surface area contributed by atoms with Crippen LogP contribution in [0.2, 0.25) is 5.02 Å². The molecule has 1 atom stereocenters. The second kappa shape index (κ2) is 7.44. The largest absolute Gasteiger partial charge is 0.319 e. The Hall–Kier alpha value is -0.830. The van der Waals surface area contributed by atoms with Gasteiger partial charge in [-0.15, -0.1) is 0 Å². The number of nitrogens with one attached hydrogen (secondary N) is 1. The molecule has 1 unspecified atom stereocenters. The molecule has 1 N–H and O–H groups in total. The third kappa shape index (κ3) is 3.88. The summed E-state index contributed by atoms with van der Waals surface area (Å²) in [6.07, 6.45) is 1.99. The zero-order valence-electron chi connectivity index (χ0n) is 12.5. The summed E-state index contributed by atoms with van der Waals surface area (Å²) in [6.45, 7) is 3.18. The van der Waals surface area contributed by atoms with Crippen molar-refractivity contribution in [2.24, 2.45) is 0 Å². The Morgan fingerprint density at radius 3 is 2.43 bits per heavy atom. The van der Waals surface area contributed by atoms with E-state index in [4.69, 9.17) is 11.6 Å². The van der Waals surface area contributed by atoms with E-state index in [0.29, 0.717) is 0 Å². The summed E-state index contributed by atoms with van der Waals surface area (Å²) < 4.78 is 1.02. The molecule has 0 bridgehead atoms. The SMILES string of the molecule is CCC(CNC)(Cc1ccc(Br)cc1Cl)c1ccccc1. The van der Waals surface area contributed by atoms with Crippen molar-refractivity contribution in [2.45, 2.75) is 25.2 Å². The molecule has 2 rings (SSSR count). The van der Waals surface area contributed by atoms with Gasteiger partial charge in [0.25, 0.3) is 0 Å². The molecule has 0 spiro atoms. The fourth-order valence-corrected chi connectivity index (χ4v) is 3.62. The molecule has 0 aliphatic rings. The van der Waals surface area contributed by atoms with Crippen LogP contribution in [0.25, 0.3) is 0 Å². The van der Waals surface area contributed by atoms with E-state index < -0.39 is 0 Å². The lowest BCUT2D eigenvalue weighted by molar-refractivity contribution is 0.391. The summed E-state index contributed by atoms with van der Waals surface area (Å²) in [7, 11) is 2.01. The van der Waals surface area contributed by atoms with Gasteiger partial charge in [-0.2, -0.15) is 0 Å². The van der Waals surface area contributed by atoms with Gasteiger partial charge in [0.2, 0.25) is 0 Å². The molecule has 0 saturated heterocycles. The third-order valence-corrected chi connectivity index (χ3v) is 4.97. The molecular weight excluding hydrogens is 346 g/mol. The molecule has 3 heteroatoms. The number of benzene rings is 2. The Bertz CT molecular complexity index is 585. The Morgan fingerprint density at radius 2 is 1.86 bits per heavy atom. The smallest absolute Gasteiger partial charge is 0.0449 e. The number of likely N-dealkylation sites (N-methyl/N-ethyl adjacent to an activating group) is 1. The van der Waals surface area contributed by atoms with E-state index in [-0.39, 0.29) is 5.41 Å². The van der Waals surface area contributed by atoms with Crippen molar-refractivity contribution in [1.29, 1.82) is 0 Å². The molecule has 112 valence electrons. The average Bonchev–Trinajstić information content (AvgIpc) is 2.50. The van der Waals surface area contributed by atoms with Crippen LogP contribution >= 0.6 is 27.5 Å². The van der Waals surface area contributed by atoms with Crippen molar-refractivity contribution in [3.8, 4) is 0 Å². The number of hydrogen-bond acceptors (Lipinski definition) is 1. The highest BCUT2D eigenvalue weighted by Gasteiger charge is 2.30. The van der Waals surface area contributed by atoms with E-state index in [9.17, 15) is 0 Å². The van der Waals surface area contributed by atoms with Gasteiger partial charge >= 0.3 is 0 Å². The molecule has 0 aliphatic carbocycles. The number of halogens is 2. The summed E-state index contributed by atoms with van der Waals surface area (Å²) in [6, 6.07) is 16.9. The van der Waals surface area contributed by atoms with Gasteiger partial charge < -0.3 is 5.32 Å². The Balaban J connectivity index is 2.41. The van der Waals surface area contributed by atoms with Crippen LogP contribution in [0.3, 0.4) is 0 Å². The van der Waals surface area contributed by atoms with Gasteiger partial charge in [-0.25, -0.2) is 0 Å². The minimum Gasteiger partial charge on any atom is -0.319 e. The Kier molecular flexibility index (Phi) is 5.86. The quantitative estimate of drug-likeness (QED) is 0.739. The Morgan fingerprint density at radius 1 is 1.14 bits per heavy atom. The van der Waals surface area contributed by atoms with E-state index in [1.54, 1.807) is 0 Å². The van der Waals surface area contributed by atoms with E-state index in [1.807, 2.05) is 13.1 Å². The monoisotopic (exact) mass is 365 g/mol. The maximum absolute atomic E-state index is 6.43. The first-order valence-corrected chi connectivity index (χ1v) is 8.42. The highest BCUT2D eigenvalue weighted by atomic mass is 79.9. The fourth-order valence-electron chi connectivity index (χ4n) is 2.88. The standard InChI is InChI=1S/C18H21BrClN/c1-3-18(13-21-2,15-7-5-4-6-8-15)12-14-9-10-16(19)11-17(14)20/h4-11,21H,3,12-13H2,1-2H3. The van der Waals surface area contributed by atoms with Crippen LogP contribution in [0.1, 0.15) is 24.5 Å². The Labute approximate surface area is 140 Å². The molecule has 1 nitrogen and oxygen atoms in total. The summed E-state index contributed by atoms with van der Waals surface area (Å²) in [4.78, 5) is 0. The topological polar surface area (TPSA) is 12.0 Å². The van der Waals surface area contributed by atoms with Crippen LogP contribution in [-0.4, -0.2) is 13.6 Å². The summed E-state index contributed by atoms with van der Waals surface area (Å²) in [5.41, 5.74) is 2.62. The lowest BCUT2D eigenvalue weighted by Crippen LogP contribution is -2.38.